The van der Waals surface area contributed by atoms with Crippen LogP contribution in [0.1, 0.15) is 66.7 Å². The highest BCUT2D eigenvalue weighted by Gasteiger charge is 2.34. The summed E-state index contributed by atoms with van der Waals surface area (Å²) in [5, 5.41) is 0. The van der Waals surface area contributed by atoms with Crippen LogP contribution in [0.25, 0.3) is 0 Å². The van der Waals surface area contributed by atoms with Crippen molar-refractivity contribution in [2.24, 2.45) is 11.3 Å². The fourth-order valence-electron chi connectivity index (χ4n) is 1.76. The average Bonchev–Trinajstić information content (AvgIpc) is 2.24. The third-order valence-corrected chi connectivity index (χ3v) is 3.52. The molecule has 16 heavy (non-hydrogen) atoms. The van der Waals surface area contributed by atoms with Crippen molar-refractivity contribution in [3.63, 3.8) is 0 Å². The van der Waals surface area contributed by atoms with Crippen molar-refractivity contribution in [2.45, 2.75) is 66.7 Å². The third-order valence-electron chi connectivity index (χ3n) is 3.52. The summed E-state index contributed by atoms with van der Waals surface area (Å²) in [7, 11) is 0. The summed E-state index contributed by atoms with van der Waals surface area (Å²) in [6.07, 6.45) is 6.17. The topological polar surface area (TPSA) is 26.3 Å². The van der Waals surface area contributed by atoms with E-state index in [-0.39, 0.29) is 11.4 Å². The molecule has 0 spiro atoms. The fraction of sp³-hybridized carbons (Fsp3) is 0.929. The van der Waals surface area contributed by atoms with Gasteiger partial charge in [0.2, 0.25) is 0 Å². The second-order valence-electron chi connectivity index (χ2n) is 5.19. The molecule has 0 saturated carbocycles. The molecule has 0 aromatic rings. The van der Waals surface area contributed by atoms with Gasteiger partial charge in [-0.3, -0.25) is 4.79 Å². The Morgan fingerprint density at radius 1 is 1.19 bits per heavy atom. The molecule has 0 heterocycles. The van der Waals surface area contributed by atoms with Gasteiger partial charge in [0.05, 0.1) is 12.0 Å². The number of hydrogen-bond donors (Lipinski definition) is 0. The number of ether oxygens (including phenoxy) is 1. The Morgan fingerprint density at radius 3 is 2.31 bits per heavy atom. The van der Waals surface area contributed by atoms with Crippen LogP contribution in [0.15, 0.2) is 0 Å². The predicted molar refractivity (Wildman–Crippen MR) is 68.3 cm³/mol. The number of esters is 1. The largest absolute Gasteiger partial charge is 0.466 e. The molecule has 0 fully saturated rings. The van der Waals surface area contributed by atoms with Crippen LogP contribution < -0.4 is 0 Å². The molecule has 0 aromatic heterocycles. The van der Waals surface area contributed by atoms with E-state index in [0.717, 1.165) is 6.42 Å². The zero-order chi connectivity index (χ0) is 12.6. The van der Waals surface area contributed by atoms with Crippen LogP contribution in [0, 0.1) is 11.3 Å². The van der Waals surface area contributed by atoms with Crippen LogP contribution in [-0.2, 0) is 9.53 Å². The van der Waals surface area contributed by atoms with Crippen molar-refractivity contribution in [1.82, 2.24) is 0 Å². The quantitative estimate of drug-likeness (QED) is 0.460. The zero-order valence-electron chi connectivity index (χ0n) is 11.6. The lowest BCUT2D eigenvalue weighted by Gasteiger charge is -2.29. The maximum atomic E-state index is 11.8. The van der Waals surface area contributed by atoms with Crippen molar-refractivity contribution in [3.05, 3.63) is 0 Å². The molecule has 0 rings (SSSR count). The second kappa shape index (κ2) is 7.70. The molecule has 0 N–H and O–H groups in total. The number of rotatable bonds is 8. The highest BCUT2D eigenvalue weighted by atomic mass is 16.5. The molecule has 1 atom stereocenters. The van der Waals surface area contributed by atoms with Gasteiger partial charge in [-0.15, -0.1) is 0 Å². The molecule has 2 heteroatoms. The minimum Gasteiger partial charge on any atom is -0.466 e. The van der Waals surface area contributed by atoms with Crippen LogP contribution >= 0.6 is 0 Å². The molecule has 2 nitrogen and oxygen atoms in total. The molecule has 0 amide bonds. The first-order chi connectivity index (χ1) is 7.46. The number of carbonyl (C=O) groups excluding carboxylic acids is 1. The summed E-state index contributed by atoms with van der Waals surface area (Å²) < 4.78 is 5.12. The number of hydrogen-bond acceptors (Lipinski definition) is 2. The SMILES string of the molecule is CCCCCCC(C)C(C)(C)C(=O)OCC. The van der Waals surface area contributed by atoms with Crippen molar-refractivity contribution in [1.29, 1.82) is 0 Å². The highest BCUT2D eigenvalue weighted by Crippen LogP contribution is 2.32. The maximum absolute atomic E-state index is 11.8. The van der Waals surface area contributed by atoms with Crippen LogP contribution in [0.4, 0.5) is 0 Å². The molecule has 0 saturated heterocycles. The molecule has 0 aromatic carbocycles. The molecule has 0 aliphatic carbocycles. The Morgan fingerprint density at radius 2 is 1.81 bits per heavy atom. The van der Waals surface area contributed by atoms with E-state index in [0.29, 0.717) is 12.5 Å². The van der Waals surface area contributed by atoms with E-state index >= 15 is 0 Å². The molecular formula is C14H28O2. The van der Waals surface area contributed by atoms with E-state index in [1.165, 1.54) is 25.7 Å². The Labute approximate surface area is 101 Å². The predicted octanol–water partition coefficient (Wildman–Crippen LogP) is 4.18. The van der Waals surface area contributed by atoms with Gasteiger partial charge in [0.15, 0.2) is 0 Å². The Balaban J connectivity index is 4.03. The van der Waals surface area contributed by atoms with Gasteiger partial charge in [-0.1, -0.05) is 39.5 Å². The molecule has 0 radical (unpaired) electrons. The summed E-state index contributed by atoms with van der Waals surface area (Å²) in [6, 6.07) is 0. The van der Waals surface area contributed by atoms with Crippen LogP contribution in [0.5, 0.6) is 0 Å². The molecule has 96 valence electrons. The van der Waals surface area contributed by atoms with Crippen molar-refractivity contribution < 1.29 is 9.53 Å². The van der Waals surface area contributed by atoms with Crippen LogP contribution in [0.2, 0.25) is 0 Å². The van der Waals surface area contributed by atoms with Gasteiger partial charge >= 0.3 is 5.97 Å². The van der Waals surface area contributed by atoms with E-state index in [4.69, 9.17) is 4.74 Å². The molecule has 0 aliphatic rings. The number of unbranched alkanes of at least 4 members (excludes halogenated alkanes) is 3. The van der Waals surface area contributed by atoms with Gasteiger partial charge in [0.25, 0.3) is 0 Å². The minimum absolute atomic E-state index is 0.0574. The lowest BCUT2D eigenvalue weighted by Crippen LogP contribution is -2.33. The van der Waals surface area contributed by atoms with E-state index in [1.54, 1.807) is 0 Å². The van der Waals surface area contributed by atoms with E-state index in [9.17, 15) is 4.79 Å². The van der Waals surface area contributed by atoms with Crippen molar-refractivity contribution in [3.8, 4) is 0 Å². The fourth-order valence-corrected chi connectivity index (χ4v) is 1.76. The number of carbonyl (C=O) groups is 1. The van der Waals surface area contributed by atoms with E-state index in [2.05, 4.69) is 13.8 Å². The minimum atomic E-state index is -0.345. The third kappa shape index (κ3) is 5.00. The summed E-state index contributed by atoms with van der Waals surface area (Å²) >= 11 is 0. The molecule has 0 aliphatic heterocycles. The lowest BCUT2D eigenvalue weighted by molar-refractivity contribution is -0.156. The first-order valence-corrected chi connectivity index (χ1v) is 6.64. The summed E-state index contributed by atoms with van der Waals surface area (Å²) in [5.41, 5.74) is -0.345. The van der Waals surface area contributed by atoms with Crippen LogP contribution in [-0.4, -0.2) is 12.6 Å². The van der Waals surface area contributed by atoms with Gasteiger partial charge in [0, 0.05) is 0 Å². The van der Waals surface area contributed by atoms with Gasteiger partial charge in [-0.2, -0.15) is 0 Å². The molecule has 0 bridgehead atoms. The Hall–Kier alpha value is -0.530. The van der Waals surface area contributed by atoms with Gasteiger partial charge in [-0.25, -0.2) is 0 Å². The van der Waals surface area contributed by atoms with Crippen molar-refractivity contribution >= 4 is 5.97 Å². The second-order valence-corrected chi connectivity index (χ2v) is 5.19. The Bertz CT molecular complexity index is 197. The monoisotopic (exact) mass is 228 g/mol. The normalized spacial score (nSPS) is 13.6. The molecular weight excluding hydrogens is 200 g/mol. The standard InChI is InChI=1S/C14H28O2/c1-6-8-9-10-11-12(3)14(4,5)13(15)16-7-2/h12H,6-11H2,1-5H3. The maximum Gasteiger partial charge on any atom is 0.311 e. The average molecular weight is 228 g/mol. The summed E-state index contributed by atoms with van der Waals surface area (Å²) in [4.78, 5) is 11.8. The first kappa shape index (κ1) is 15.5. The smallest absolute Gasteiger partial charge is 0.311 e. The Kier molecular flexibility index (Phi) is 7.44. The van der Waals surface area contributed by atoms with Gasteiger partial charge in [0.1, 0.15) is 0 Å². The summed E-state index contributed by atoms with van der Waals surface area (Å²) in [5.74, 6) is 0.335. The first-order valence-electron chi connectivity index (χ1n) is 6.64. The molecule has 1 unspecified atom stereocenters. The highest BCUT2D eigenvalue weighted by molar-refractivity contribution is 5.76. The lowest BCUT2D eigenvalue weighted by atomic mass is 9.77. The zero-order valence-corrected chi connectivity index (χ0v) is 11.6. The summed E-state index contributed by atoms with van der Waals surface area (Å²) in [6.45, 7) is 10.7. The van der Waals surface area contributed by atoms with Crippen LogP contribution in [0.3, 0.4) is 0 Å². The van der Waals surface area contributed by atoms with E-state index in [1.807, 2.05) is 20.8 Å². The van der Waals surface area contributed by atoms with Gasteiger partial charge < -0.3 is 4.74 Å². The van der Waals surface area contributed by atoms with Gasteiger partial charge in [-0.05, 0) is 33.1 Å². The van der Waals surface area contributed by atoms with Crippen molar-refractivity contribution in [2.75, 3.05) is 6.61 Å². The van der Waals surface area contributed by atoms with E-state index < -0.39 is 0 Å².